The van der Waals surface area contributed by atoms with E-state index in [1.54, 1.807) is 25.3 Å². The summed E-state index contributed by atoms with van der Waals surface area (Å²) >= 11 is 0. The first-order chi connectivity index (χ1) is 13.6. The monoisotopic (exact) mass is 379 g/mol. The second kappa shape index (κ2) is 8.02. The molecule has 0 bridgehead atoms. The van der Waals surface area contributed by atoms with Crippen LogP contribution in [-0.4, -0.2) is 43.0 Å². The molecule has 6 nitrogen and oxygen atoms in total. The Balaban J connectivity index is 1.35. The zero-order chi connectivity index (χ0) is 19.5. The molecule has 0 atom stereocenters. The standard InChI is InChI=1S/C22H25N3O3/c1-28-20-8-5-15-9-10-25(13-17(15)12-20)14-21(26)23-19-4-2-3-16(11-19)22(27)24-18-6-7-18/h2-5,8,11-12,18H,6-7,9-10,13-14H2,1H3,(H,23,26)(H,24,27). The van der Waals surface area contributed by atoms with Crippen LogP contribution in [0.15, 0.2) is 42.5 Å². The van der Waals surface area contributed by atoms with Gasteiger partial charge in [-0.2, -0.15) is 0 Å². The van der Waals surface area contributed by atoms with Crippen molar-refractivity contribution in [2.24, 2.45) is 0 Å². The van der Waals surface area contributed by atoms with Gasteiger partial charge < -0.3 is 15.4 Å². The van der Waals surface area contributed by atoms with E-state index in [1.807, 2.05) is 18.2 Å². The van der Waals surface area contributed by atoms with Crippen molar-refractivity contribution in [2.45, 2.75) is 31.8 Å². The number of hydrogen-bond acceptors (Lipinski definition) is 4. The average molecular weight is 379 g/mol. The summed E-state index contributed by atoms with van der Waals surface area (Å²) in [5, 5.41) is 5.88. The Morgan fingerprint density at radius 2 is 2.00 bits per heavy atom. The third-order valence-electron chi connectivity index (χ3n) is 5.19. The van der Waals surface area contributed by atoms with Crippen LogP contribution in [0.1, 0.15) is 34.3 Å². The molecule has 4 rings (SSSR count). The van der Waals surface area contributed by atoms with Crippen LogP contribution >= 0.6 is 0 Å². The number of hydrogen-bond donors (Lipinski definition) is 2. The van der Waals surface area contributed by atoms with Gasteiger partial charge in [-0.15, -0.1) is 0 Å². The maximum Gasteiger partial charge on any atom is 0.251 e. The Hall–Kier alpha value is -2.86. The van der Waals surface area contributed by atoms with E-state index >= 15 is 0 Å². The molecule has 28 heavy (non-hydrogen) atoms. The summed E-state index contributed by atoms with van der Waals surface area (Å²) in [5.41, 5.74) is 3.74. The molecular weight excluding hydrogens is 354 g/mol. The topological polar surface area (TPSA) is 70.7 Å². The number of carbonyl (C=O) groups excluding carboxylic acids is 2. The predicted octanol–water partition coefficient (Wildman–Crippen LogP) is 2.58. The van der Waals surface area contributed by atoms with Crippen LogP contribution in [-0.2, 0) is 17.8 Å². The highest BCUT2D eigenvalue weighted by molar-refractivity contribution is 5.97. The van der Waals surface area contributed by atoms with Gasteiger partial charge in [-0.25, -0.2) is 0 Å². The van der Waals surface area contributed by atoms with E-state index in [9.17, 15) is 9.59 Å². The van der Waals surface area contributed by atoms with Gasteiger partial charge in [-0.1, -0.05) is 12.1 Å². The molecule has 6 heteroatoms. The normalized spacial score (nSPS) is 16.2. The quantitative estimate of drug-likeness (QED) is 0.809. The number of nitrogens with one attached hydrogen (secondary N) is 2. The molecule has 1 fully saturated rings. The van der Waals surface area contributed by atoms with Crippen molar-refractivity contribution < 1.29 is 14.3 Å². The lowest BCUT2D eigenvalue weighted by Crippen LogP contribution is -2.37. The van der Waals surface area contributed by atoms with Gasteiger partial charge in [0, 0.05) is 30.4 Å². The summed E-state index contributed by atoms with van der Waals surface area (Å²) in [6.07, 6.45) is 3.02. The lowest BCUT2D eigenvalue weighted by molar-refractivity contribution is -0.117. The molecular formula is C22H25N3O3. The molecule has 146 valence electrons. The molecule has 2 aromatic carbocycles. The molecule has 1 aliphatic heterocycles. The van der Waals surface area contributed by atoms with Crippen molar-refractivity contribution in [3.05, 3.63) is 59.2 Å². The highest BCUT2D eigenvalue weighted by atomic mass is 16.5. The minimum atomic E-state index is -0.0832. The minimum Gasteiger partial charge on any atom is -0.497 e. The average Bonchev–Trinajstić information content (AvgIpc) is 3.51. The molecule has 2 amide bonds. The van der Waals surface area contributed by atoms with E-state index in [0.29, 0.717) is 23.8 Å². The maximum atomic E-state index is 12.5. The Kier molecular flexibility index (Phi) is 5.30. The summed E-state index contributed by atoms with van der Waals surface area (Å²) in [4.78, 5) is 26.8. The van der Waals surface area contributed by atoms with Crippen LogP contribution in [0.25, 0.3) is 0 Å². The highest BCUT2D eigenvalue weighted by Crippen LogP contribution is 2.24. The lowest BCUT2D eigenvalue weighted by Gasteiger charge is -2.28. The Labute approximate surface area is 164 Å². The molecule has 2 aromatic rings. The van der Waals surface area contributed by atoms with E-state index in [-0.39, 0.29) is 11.8 Å². The van der Waals surface area contributed by atoms with Crippen LogP contribution in [0.3, 0.4) is 0 Å². The molecule has 2 N–H and O–H groups in total. The van der Waals surface area contributed by atoms with Crippen molar-refractivity contribution >= 4 is 17.5 Å². The third kappa shape index (κ3) is 4.51. The Bertz CT molecular complexity index is 892. The number of nitrogens with zero attached hydrogens (tertiary/aromatic N) is 1. The Morgan fingerprint density at radius 1 is 1.14 bits per heavy atom. The zero-order valence-corrected chi connectivity index (χ0v) is 16.0. The highest BCUT2D eigenvalue weighted by Gasteiger charge is 2.24. The van der Waals surface area contributed by atoms with Crippen LogP contribution in [0.4, 0.5) is 5.69 Å². The second-order valence-electron chi connectivity index (χ2n) is 7.47. The van der Waals surface area contributed by atoms with Crippen LogP contribution in [0.2, 0.25) is 0 Å². The van der Waals surface area contributed by atoms with Crippen molar-refractivity contribution in [2.75, 3.05) is 25.5 Å². The number of anilines is 1. The molecule has 1 aliphatic carbocycles. The van der Waals surface area contributed by atoms with Crippen molar-refractivity contribution in [3.8, 4) is 5.75 Å². The summed E-state index contributed by atoms with van der Waals surface area (Å²) in [6.45, 7) is 1.88. The fourth-order valence-corrected chi connectivity index (χ4v) is 3.49. The maximum absolute atomic E-state index is 12.5. The molecule has 0 unspecified atom stereocenters. The van der Waals surface area contributed by atoms with E-state index in [4.69, 9.17) is 4.74 Å². The number of carbonyl (C=O) groups is 2. The van der Waals surface area contributed by atoms with E-state index < -0.39 is 0 Å². The third-order valence-corrected chi connectivity index (χ3v) is 5.19. The van der Waals surface area contributed by atoms with Gasteiger partial charge in [0.05, 0.1) is 13.7 Å². The number of amides is 2. The number of methoxy groups -OCH3 is 1. The molecule has 0 aromatic heterocycles. The largest absolute Gasteiger partial charge is 0.497 e. The summed E-state index contributed by atoms with van der Waals surface area (Å²) in [7, 11) is 1.66. The molecule has 1 saturated carbocycles. The lowest BCUT2D eigenvalue weighted by atomic mass is 9.99. The van der Waals surface area contributed by atoms with E-state index in [0.717, 1.165) is 38.1 Å². The number of benzene rings is 2. The smallest absolute Gasteiger partial charge is 0.251 e. The number of fused-ring (bicyclic) bond motifs is 1. The number of rotatable bonds is 6. The van der Waals surface area contributed by atoms with Gasteiger partial charge >= 0.3 is 0 Å². The summed E-state index contributed by atoms with van der Waals surface area (Å²) in [6, 6.07) is 13.5. The number of ether oxygens (including phenoxy) is 1. The first-order valence-corrected chi connectivity index (χ1v) is 9.69. The molecule has 2 aliphatic rings. The molecule has 1 heterocycles. The van der Waals surface area contributed by atoms with E-state index in [1.165, 1.54) is 11.1 Å². The zero-order valence-electron chi connectivity index (χ0n) is 16.0. The van der Waals surface area contributed by atoms with Gasteiger partial charge in [0.1, 0.15) is 5.75 Å². The minimum absolute atomic E-state index is 0.0777. The van der Waals surface area contributed by atoms with Gasteiger partial charge in [0.2, 0.25) is 5.91 Å². The van der Waals surface area contributed by atoms with Gasteiger partial charge in [-0.3, -0.25) is 14.5 Å². The van der Waals surface area contributed by atoms with Crippen molar-refractivity contribution in [1.82, 2.24) is 10.2 Å². The van der Waals surface area contributed by atoms with Crippen molar-refractivity contribution in [3.63, 3.8) is 0 Å². The van der Waals surface area contributed by atoms with Crippen LogP contribution in [0, 0.1) is 0 Å². The van der Waals surface area contributed by atoms with Gasteiger partial charge in [0.25, 0.3) is 5.91 Å². The first-order valence-electron chi connectivity index (χ1n) is 9.69. The molecule has 0 saturated heterocycles. The van der Waals surface area contributed by atoms with E-state index in [2.05, 4.69) is 21.6 Å². The Morgan fingerprint density at radius 3 is 2.79 bits per heavy atom. The van der Waals surface area contributed by atoms with Crippen molar-refractivity contribution in [1.29, 1.82) is 0 Å². The summed E-state index contributed by atoms with van der Waals surface area (Å²) in [5.74, 6) is 0.678. The fourth-order valence-electron chi connectivity index (χ4n) is 3.49. The molecule has 0 spiro atoms. The van der Waals surface area contributed by atoms with Gasteiger partial charge in [-0.05, 0) is 60.7 Å². The SMILES string of the molecule is COc1ccc2c(c1)CN(CC(=O)Nc1cccc(C(=O)NC3CC3)c1)CC2. The van der Waals surface area contributed by atoms with Crippen LogP contribution in [0.5, 0.6) is 5.75 Å². The predicted molar refractivity (Wildman–Crippen MR) is 108 cm³/mol. The summed E-state index contributed by atoms with van der Waals surface area (Å²) < 4.78 is 5.30. The first kappa shape index (κ1) is 18.5. The molecule has 0 radical (unpaired) electrons. The fraction of sp³-hybridized carbons (Fsp3) is 0.364. The van der Waals surface area contributed by atoms with Gasteiger partial charge in [0.15, 0.2) is 0 Å². The second-order valence-corrected chi connectivity index (χ2v) is 7.47. The van der Waals surface area contributed by atoms with Crippen LogP contribution < -0.4 is 15.4 Å².